The highest BCUT2D eigenvalue weighted by atomic mass is 35.5. The normalized spacial score (nSPS) is 12.0. The molecule has 0 radical (unpaired) electrons. The van der Waals surface area contributed by atoms with E-state index in [1.165, 1.54) is 0 Å². The number of halogens is 1. The minimum absolute atomic E-state index is 0.208. The molecule has 0 aliphatic rings. The maximum Gasteiger partial charge on any atom is 0.165 e. The molecule has 106 valence electrons. The molecule has 1 atom stereocenters. The topological polar surface area (TPSA) is 44.5 Å². The molecule has 0 aromatic heterocycles. The summed E-state index contributed by atoms with van der Waals surface area (Å²) in [5, 5.41) is 0.727. The molecule has 0 amide bonds. The van der Waals surface area contributed by atoms with Gasteiger partial charge in [0, 0.05) is 16.6 Å². The predicted octanol–water partition coefficient (Wildman–Crippen LogP) is 3.60. The number of hydrogen-bond donors (Lipinski definition) is 1. The highest BCUT2D eigenvalue weighted by molar-refractivity contribution is 6.31. The molecule has 3 nitrogen and oxygen atoms in total. The van der Waals surface area contributed by atoms with Gasteiger partial charge in [0.1, 0.15) is 0 Å². The number of para-hydroxylation sites is 1. The smallest absolute Gasteiger partial charge is 0.165 e. The van der Waals surface area contributed by atoms with Crippen LogP contribution in [0.2, 0.25) is 5.02 Å². The fourth-order valence-corrected chi connectivity index (χ4v) is 2.43. The summed E-state index contributed by atoms with van der Waals surface area (Å²) in [4.78, 5) is 0. The van der Waals surface area contributed by atoms with E-state index in [4.69, 9.17) is 26.8 Å². The van der Waals surface area contributed by atoms with Gasteiger partial charge >= 0.3 is 0 Å². The second kappa shape index (κ2) is 6.64. The maximum absolute atomic E-state index is 6.30. The first-order valence-electron chi connectivity index (χ1n) is 6.37. The Kier molecular flexibility index (Phi) is 4.88. The molecule has 0 bridgehead atoms. The molecule has 0 aliphatic heterocycles. The van der Waals surface area contributed by atoms with Crippen molar-refractivity contribution in [3.63, 3.8) is 0 Å². The summed E-state index contributed by atoms with van der Waals surface area (Å²) in [6.07, 6.45) is 0.642. The Morgan fingerprint density at radius 1 is 1.05 bits per heavy atom. The van der Waals surface area contributed by atoms with E-state index in [0.29, 0.717) is 17.9 Å². The lowest BCUT2D eigenvalue weighted by atomic mass is 9.98. The first-order valence-corrected chi connectivity index (χ1v) is 6.75. The fraction of sp³-hybridized carbons (Fsp3) is 0.250. The lowest BCUT2D eigenvalue weighted by Crippen LogP contribution is -2.15. The second-order valence-corrected chi connectivity index (χ2v) is 4.89. The van der Waals surface area contributed by atoms with Gasteiger partial charge in [0.2, 0.25) is 0 Å². The molecule has 0 aliphatic carbocycles. The van der Waals surface area contributed by atoms with Crippen LogP contribution in [0.5, 0.6) is 11.5 Å². The van der Waals surface area contributed by atoms with Crippen LogP contribution in [0.15, 0.2) is 42.5 Å². The summed E-state index contributed by atoms with van der Waals surface area (Å²) in [5.74, 6) is 1.36. The van der Waals surface area contributed by atoms with Gasteiger partial charge in [0.25, 0.3) is 0 Å². The summed E-state index contributed by atoms with van der Waals surface area (Å²) in [6.45, 7) is 0. The van der Waals surface area contributed by atoms with Gasteiger partial charge in [-0.2, -0.15) is 0 Å². The Labute approximate surface area is 124 Å². The standard InChI is InChI=1S/C16H18ClNO2/c1-19-15-9-5-7-12(16(15)20-2)14(18)10-11-6-3-4-8-13(11)17/h3-9,14H,10,18H2,1-2H3. The van der Waals surface area contributed by atoms with Crippen molar-refractivity contribution in [3.8, 4) is 11.5 Å². The highest BCUT2D eigenvalue weighted by Gasteiger charge is 2.17. The van der Waals surface area contributed by atoms with Crippen molar-refractivity contribution in [1.82, 2.24) is 0 Å². The number of nitrogens with two attached hydrogens (primary N) is 1. The zero-order valence-corrected chi connectivity index (χ0v) is 12.4. The molecule has 0 spiro atoms. The van der Waals surface area contributed by atoms with E-state index in [9.17, 15) is 0 Å². The van der Waals surface area contributed by atoms with Crippen LogP contribution in [-0.4, -0.2) is 14.2 Å². The predicted molar refractivity (Wildman–Crippen MR) is 81.6 cm³/mol. The molecule has 2 aromatic carbocycles. The van der Waals surface area contributed by atoms with Crippen LogP contribution in [0.3, 0.4) is 0 Å². The van der Waals surface area contributed by atoms with Gasteiger partial charge in [-0.25, -0.2) is 0 Å². The van der Waals surface area contributed by atoms with Crippen LogP contribution in [0.1, 0.15) is 17.2 Å². The van der Waals surface area contributed by atoms with E-state index in [2.05, 4.69) is 0 Å². The van der Waals surface area contributed by atoms with Crippen molar-refractivity contribution < 1.29 is 9.47 Å². The molecule has 0 heterocycles. The van der Waals surface area contributed by atoms with E-state index in [1.54, 1.807) is 14.2 Å². The summed E-state index contributed by atoms with van der Waals surface area (Å²) in [7, 11) is 3.23. The summed E-state index contributed by atoms with van der Waals surface area (Å²) in [5.41, 5.74) is 8.23. The number of rotatable bonds is 5. The van der Waals surface area contributed by atoms with Gasteiger partial charge in [-0.3, -0.25) is 0 Å². The van der Waals surface area contributed by atoms with Crippen molar-refractivity contribution in [1.29, 1.82) is 0 Å². The van der Waals surface area contributed by atoms with Gasteiger partial charge in [-0.1, -0.05) is 41.9 Å². The van der Waals surface area contributed by atoms with Crippen LogP contribution < -0.4 is 15.2 Å². The Balaban J connectivity index is 2.30. The number of ether oxygens (including phenoxy) is 2. The van der Waals surface area contributed by atoms with Gasteiger partial charge in [-0.05, 0) is 24.1 Å². The molecule has 4 heteroatoms. The van der Waals surface area contributed by atoms with Crippen molar-refractivity contribution in [2.75, 3.05) is 14.2 Å². The zero-order valence-electron chi connectivity index (χ0n) is 11.6. The third kappa shape index (κ3) is 3.06. The van der Waals surface area contributed by atoms with Crippen molar-refractivity contribution in [2.24, 2.45) is 5.73 Å². The van der Waals surface area contributed by atoms with E-state index in [1.807, 2.05) is 42.5 Å². The van der Waals surface area contributed by atoms with E-state index in [0.717, 1.165) is 16.1 Å². The number of benzene rings is 2. The van der Waals surface area contributed by atoms with E-state index in [-0.39, 0.29) is 6.04 Å². The Bertz CT molecular complexity index is 586. The third-order valence-electron chi connectivity index (χ3n) is 3.23. The molecule has 1 unspecified atom stereocenters. The second-order valence-electron chi connectivity index (χ2n) is 4.48. The monoisotopic (exact) mass is 291 g/mol. The maximum atomic E-state index is 6.30. The fourth-order valence-electron chi connectivity index (χ4n) is 2.21. The zero-order chi connectivity index (χ0) is 14.5. The van der Waals surface area contributed by atoms with Crippen LogP contribution in [0, 0.1) is 0 Å². The van der Waals surface area contributed by atoms with E-state index < -0.39 is 0 Å². The minimum Gasteiger partial charge on any atom is -0.493 e. The Morgan fingerprint density at radius 2 is 1.80 bits per heavy atom. The van der Waals surface area contributed by atoms with E-state index >= 15 is 0 Å². The molecule has 0 fully saturated rings. The first kappa shape index (κ1) is 14.7. The third-order valence-corrected chi connectivity index (χ3v) is 3.60. The lowest BCUT2D eigenvalue weighted by molar-refractivity contribution is 0.349. The molecule has 2 rings (SSSR count). The van der Waals surface area contributed by atoms with Gasteiger partial charge in [0.05, 0.1) is 14.2 Å². The van der Waals surface area contributed by atoms with Crippen LogP contribution in [0.25, 0.3) is 0 Å². The van der Waals surface area contributed by atoms with Crippen LogP contribution in [-0.2, 0) is 6.42 Å². The largest absolute Gasteiger partial charge is 0.493 e. The molecule has 20 heavy (non-hydrogen) atoms. The lowest BCUT2D eigenvalue weighted by Gasteiger charge is -2.18. The average molecular weight is 292 g/mol. The van der Waals surface area contributed by atoms with Gasteiger partial charge < -0.3 is 15.2 Å². The summed E-state index contributed by atoms with van der Waals surface area (Å²) >= 11 is 6.18. The highest BCUT2D eigenvalue weighted by Crippen LogP contribution is 2.35. The van der Waals surface area contributed by atoms with Crippen LogP contribution in [0.4, 0.5) is 0 Å². The number of methoxy groups -OCH3 is 2. The molecular formula is C16H18ClNO2. The van der Waals surface area contributed by atoms with Crippen molar-refractivity contribution >= 4 is 11.6 Å². The van der Waals surface area contributed by atoms with Crippen molar-refractivity contribution in [2.45, 2.75) is 12.5 Å². The first-order chi connectivity index (χ1) is 9.67. The average Bonchev–Trinajstić information content (AvgIpc) is 2.48. The SMILES string of the molecule is COc1cccc(C(N)Cc2ccccc2Cl)c1OC. The molecular weight excluding hydrogens is 274 g/mol. The summed E-state index contributed by atoms with van der Waals surface area (Å²) in [6, 6.07) is 13.2. The molecule has 0 saturated carbocycles. The molecule has 0 saturated heterocycles. The van der Waals surface area contributed by atoms with Gasteiger partial charge in [0.15, 0.2) is 11.5 Å². The Hall–Kier alpha value is -1.71. The quantitative estimate of drug-likeness (QED) is 0.915. The molecule has 2 aromatic rings. The minimum atomic E-state index is -0.208. The molecule has 2 N–H and O–H groups in total. The van der Waals surface area contributed by atoms with Gasteiger partial charge in [-0.15, -0.1) is 0 Å². The summed E-state index contributed by atoms with van der Waals surface area (Å²) < 4.78 is 10.7. The number of hydrogen-bond acceptors (Lipinski definition) is 3. The van der Waals surface area contributed by atoms with Crippen molar-refractivity contribution in [3.05, 3.63) is 58.6 Å². The van der Waals surface area contributed by atoms with Crippen LogP contribution >= 0.6 is 11.6 Å². The Morgan fingerprint density at radius 3 is 2.45 bits per heavy atom.